The zero-order valence-electron chi connectivity index (χ0n) is 14.3. The van der Waals surface area contributed by atoms with Crippen LogP contribution in [-0.4, -0.2) is 16.5 Å². The third-order valence-corrected chi connectivity index (χ3v) is 3.70. The number of halogens is 3. The van der Waals surface area contributed by atoms with Crippen molar-refractivity contribution in [2.24, 2.45) is 0 Å². The number of nitrogens with zero attached hydrogens (tertiary/aromatic N) is 2. The second-order valence-electron chi connectivity index (χ2n) is 5.67. The van der Waals surface area contributed by atoms with Crippen LogP contribution in [0, 0.1) is 0 Å². The molecule has 1 heterocycles. The molecule has 0 aliphatic carbocycles. The topological polar surface area (TPSA) is 49.8 Å². The standard InChI is InChI=1S/C20H17F3N4/c1-2-12-24-18-13-17(14-8-4-3-5-9-14)26-19(27-18)25-16-11-7-6-10-15(16)20(21,22)23/h2-11,13H,1,12H2,(H2,24,25,26,27). The van der Waals surface area contributed by atoms with Gasteiger partial charge in [0.15, 0.2) is 0 Å². The Morgan fingerprint density at radius 2 is 1.67 bits per heavy atom. The van der Waals surface area contributed by atoms with Crippen molar-refractivity contribution in [3.63, 3.8) is 0 Å². The van der Waals surface area contributed by atoms with E-state index in [0.29, 0.717) is 18.1 Å². The quantitative estimate of drug-likeness (QED) is 0.562. The molecule has 0 saturated heterocycles. The van der Waals surface area contributed by atoms with E-state index < -0.39 is 11.7 Å². The first kappa shape index (κ1) is 18.4. The molecule has 7 heteroatoms. The summed E-state index contributed by atoms with van der Waals surface area (Å²) in [6.07, 6.45) is -2.82. The van der Waals surface area contributed by atoms with Gasteiger partial charge in [0.25, 0.3) is 0 Å². The van der Waals surface area contributed by atoms with Crippen molar-refractivity contribution < 1.29 is 13.2 Å². The number of nitrogens with one attached hydrogen (secondary N) is 2. The summed E-state index contributed by atoms with van der Waals surface area (Å²) in [5.74, 6) is 0.551. The average Bonchev–Trinajstić information content (AvgIpc) is 2.66. The molecular weight excluding hydrogens is 353 g/mol. The lowest BCUT2D eigenvalue weighted by Crippen LogP contribution is -2.10. The monoisotopic (exact) mass is 370 g/mol. The second-order valence-corrected chi connectivity index (χ2v) is 5.67. The Hall–Kier alpha value is -3.35. The number of hydrogen-bond acceptors (Lipinski definition) is 4. The SMILES string of the molecule is C=CCNc1cc(-c2ccccc2)nc(Nc2ccccc2C(F)(F)F)n1. The third-order valence-electron chi connectivity index (χ3n) is 3.70. The number of rotatable bonds is 6. The number of benzene rings is 2. The Morgan fingerprint density at radius 1 is 0.963 bits per heavy atom. The largest absolute Gasteiger partial charge is 0.418 e. The smallest absolute Gasteiger partial charge is 0.366 e. The Morgan fingerprint density at radius 3 is 2.37 bits per heavy atom. The van der Waals surface area contributed by atoms with Crippen LogP contribution in [-0.2, 0) is 6.18 Å². The van der Waals surface area contributed by atoms with E-state index in [1.165, 1.54) is 18.2 Å². The highest BCUT2D eigenvalue weighted by Gasteiger charge is 2.33. The van der Waals surface area contributed by atoms with Crippen molar-refractivity contribution >= 4 is 17.5 Å². The molecule has 0 atom stereocenters. The molecule has 0 radical (unpaired) electrons. The molecule has 4 nitrogen and oxygen atoms in total. The number of hydrogen-bond donors (Lipinski definition) is 2. The maximum Gasteiger partial charge on any atom is 0.418 e. The minimum Gasteiger partial charge on any atom is -0.366 e. The Bertz CT molecular complexity index is 924. The summed E-state index contributed by atoms with van der Waals surface area (Å²) in [6, 6.07) is 16.3. The van der Waals surface area contributed by atoms with Gasteiger partial charge in [-0.15, -0.1) is 6.58 Å². The predicted octanol–water partition coefficient (Wildman–Crippen LogP) is 5.50. The lowest BCUT2D eigenvalue weighted by molar-refractivity contribution is -0.136. The summed E-state index contributed by atoms with van der Waals surface area (Å²) in [5, 5.41) is 5.74. The van der Waals surface area contributed by atoms with Crippen molar-refractivity contribution in [2.45, 2.75) is 6.18 Å². The van der Waals surface area contributed by atoms with Gasteiger partial charge < -0.3 is 10.6 Å². The maximum atomic E-state index is 13.2. The van der Waals surface area contributed by atoms with Crippen molar-refractivity contribution in [3.8, 4) is 11.3 Å². The fourth-order valence-corrected chi connectivity index (χ4v) is 2.49. The van der Waals surface area contributed by atoms with Gasteiger partial charge in [-0.2, -0.15) is 18.2 Å². The molecular formula is C20H17F3N4. The van der Waals surface area contributed by atoms with Crippen LogP contribution in [0.2, 0.25) is 0 Å². The molecule has 0 aliphatic rings. The van der Waals surface area contributed by atoms with Crippen LogP contribution in [0.5, 0.6) is 0 Å². The molecule has 3 rings (SSSR count). The first-order valence-electron chi connectivity index (χ1n) is 8.20. The van der Waals surface area contributed by atoms with Crippen LogP contribution in [0.3, 0.4) is 0 Å². The average molecular weight is 370 g/mol. The first-order valence-corrected chi connectivity index (χ1v) is 8.20. The van der Waals surface area contributed by atoms with Crippen molar-refractivity contribution in [3.05, 3.63) is 78.9 Å². The summed E-state index contributed by atoms with van der Waals surface area (Å²) in [7, 11) is 0. The van der Waals surface area contributed by atoms with Crippen LogP contribution < -0.4 is 10.6 Å². The van der Waals surface area contributed by atoms with Gasteiger partial charge in [-0.1, -0.05) is 48.5 Å². The summed E-state index contributed by atoms with van der Waals surface area (Å²) < 4.78 is 39.7. The molecule has 0 saturated carbocycles. The van der Waals surface area contributed by atoms with Crippen molar-refractivity contribution in [1.29, 1.82) is 0 Å². The van der Waals surface area contributed by atoms with Gasteiger partial charge in [0, 0.05) is 18.2 Å². The fraction of sp³-hybridized carbons (Fsp3) is 0.100. The highest BCUT2D eigenvalue weighted by molar-refractivity contribution is 5.67. The van der Waals surface area contributed by atoms with Gasteiger partial charge in [-0.3, -0.25) is 0 Å². The number of para-hydroxylation sites is 1. The van der Waals surface area contributed by atoms with E-state index in [1.54, 1.807) is 12.1 Å². The minimum absolute atomic E-state index is 0.0691. The van der Waals surface area contributed by atoms with Crippen molar-refractivity contribution in [1.82, 2.24) is 9.97 Å². The number of anilines is 3. The van der Waals surface area contributed by atoms with Gasteiger partial charge in [0.1, 0.15) is 5.82 Å². The van der Waals surface area contributed by atoms with Crippen molar-refractivity contribution in [2.75, 3.05) is 17.2 Å². The Balaban J connectivity index is 2.01. The zero-order chi connectivity index (χ0) is 19.3. The lowest BCUT2D eigenvalue weighted by Gasteiger charge is -2.15. The first-order chi connectivity index (χ1) is 13.0. The molecule has 0 amide bonds. The predicted molar refractivity (Wildman–Crippen MR) is 101 cm³/mol. The van der Waals surface area contributed by atoms with E-state index in [-0.39, 0.29) is 11.6 Å². The Labute approximate surface area is 154 Å². The normalized spacial score (nSPS) is 11.1. The van der Waals surface area contributed by atoms with Crippen LogP contribution >= 0.6 is 0 Å². The van der Waals surface area contributed by atoms with Gasteiger partial charge in [0.05, 0.1) is 16.9 Å². The van der Waals surface area contributed by atoms with E-state index >= 15 is 0 Å². The molecule has 2 aromatic carbocycles. The molecule has 0 bridgehead atoms. The molecule has 0 aliphatic heterocycles. The van der Waals surface area contributed by atoms with Gasteiger partial charge in [-0.25, -0.2) is 4.98 Å². The van der Waals surface area contributed by atoms with Crippen LogP contribution in [0.1, 0.15) is 5.56 Å². The van der Waals surface area contributed by atoms with E-state index in [2.05, 4.69) is 27.2 Å². The highest BCUT2D eigenvalue weighted by atomic mass is 19.4. The van der Waals surface area contributed by atoms with Crippen LogP contribution in [0.15, 0.2) is 73.3 Å². The van der Waals surface area contributed by atoms with Gasteiger partial charge >= 0.3 is 6.18 Å². The van der Waals surface area contributed by atoms with Crippen LogP contribution in [0.4, 0.5) is 30.6 Å². The fourth-order valence-electron chi connectivity index (χ4n) is 2.49. The molecule has 27 heavy (non-hydrogen) atoms. The summed E-state index contributed by atoms with van der Waals surface area (Å²) >= 11 is 0. The Kier molecular flexibility index (Phi) is 5.40. The molecule has 138 valence electrons. The van der Waals surface area contributed by atoms with E-state index in [9.17, 15) is 13.2 Å². The van der Waals surface area contributed by atoms with Gasteiger partial charge in [0.2, 0.25) is 5.95 Å². The van der Waals surface area contributed by atoms with E-state index in [4.69, 9.17) is 0 Å². The highest BCUT2D eigenvalue weighted by Crippen LogP contribution is 2.35. The molecule has 0 fully saturated rings. The van der Waals surface area contributed by atoms with Crippen LogP contribution in [0.25, 0.3) is 11.3 Å². The van der Waals surface area contributed by atoms with E-state index in [1.807, 2.05) is 30.3 Å². The van der Waals surface area contributed by atoms with Gasteiger partial charge in [-0.05, 0) is 12.1 Å². The minimum atomic E-state index is -4.48. The lowest BCUT2D eigenvalue weighted by atomic mass is 10.1. The second kappa shape index (κ2) is 7.90. The van der Waals surface area contributed by atoms with E-state index in [0.717, 1.165) is 11.6 Å². The summed E-state index contributed by atoms with van der Waals surface area (Å²) in [4.78, 5) is 8.64. The molecule has 2 N–H and O–H groups in total. The molecule has 3 aromatic rings. The summed E-state index contributed by atoms with van der Waals surface area (Å²) in [5.41, 5.74) is 0.530. The molecule has 0 unspecified atom stereocenters. The third kappa shape index (κ3) is 4.63. The molecule has 0 spiro atoms. The molecule has 1 aromatic heterocycles. The summed E-state index contributed by atoms with van der Waals surface area (Å²) in [6.45, 7) is 4.10. The number of alkyl halides is 3. The number of aromatic nitrogens is 2. The zero-order valence-corrected chi connectivity index (χ0v) is 14.3. The maximum absolute atomic E-state index is 13.2.